The molecule has 0 aromatic heterocycles. The summed E-state index contributed by atoms with van der Waals surface area (Å²) in [5.41, 5.74) is 0. The number of ketones is 1. The van der Waals surface area contributed by atoms with Gasteiger partial charge in [0.1, 0.15) is 36.8 Å². The first-order valence-corrected chi connectivity index (χ1v) is 22.6. The predicted molar refractivity (Wildman–Crippen MR) is 230 cm³/mol. The van der Waals surface area contributed by atoms with E-state index in [9.17, 15) is 66.3 Å². The Balaban J connectivity index is 2.48. The highest BCUT2D eigenvalue weighted by Gasteiger charge is 2.45. The van der Waals surface area contributed by atoms with Crippen LogP contribution in [0.2, 0.25) is 0 Å². The first kappa shape index (κ1) is 55.6. The molecule has 2 rings (SSSR count). The molecule has 1 saturated heterocycles. The Bertz CT molecular complexity index is 2080. The molecule has 10 N–H and O–H groups in total. The number of sulfonamides is 1. The predicted octanol–water partition coefficient (Wildman–Crippen LogP) is -2.01. The summed E-state index contributed by atoms with van der Waals surface area (Å²) in [7, 11) is -4.23. The zero-order valence-corrected chi connectivity index (χ0v) is 38.3. The number of likely N-dealkylation sites (tertiary alicyclic amines) is 1. The summed E-state index contributed by atoms with van der Waals surface area (Å²) < 4.78 is 29.2. The van der Waals surface area contributed by atoms with Gasteiger partial charge in [-0.3, -0.25) is 52.7 Å². The van der Waals surface area contributed by atoms with Crippen LogP contribution in [-0.2, 0) is 62.8 Å². The van der Waals surface area contributed by atoms with Crippen molar-refractivity contribution in [1.29, 1.82) is 0 Å². The van der Waals surface area contributed by atoms with E-state index in [4.69, 9.17) is 10.2 Å². The van der Waals surface area contributed by atoms with Crippen LogP contribution < -0.4 is 36.6 Å². The Labute approximate surface area is 381 Å². The van der Waals surface area contributed by atoms with E-state index < -0.39 is 162 Å². The number of nitrogens with zero attached hydrogens (tertiary/aromatic N) is 1. The molecule has 1 aliphatic rings. The van der Waals surface area contributed by atoms with Crippen LogP contribution in [0, 0.1) is 11.8 Å². The highest BCUT2D eigenvalue weighted by molar-refractivity contribution is 7.89. The van der Waals surface area contributed by atoms with E-state index in [0.29, 0.717) is 0 Å². The highest BCUT2D eigenvalue weighted by Crippen LogP contribution is 2.24. The lowest BCUT2D eigenvalue weighted by Gasteiger charge is -2.33. The third-order valence-corrected chi connectivity index (χ3v) is 11.7. The molecule has 1 aliphatic heterocycles. The van der Waals surface area contributed by atoms with E-state index in [-0.39, 0.29) is 30.6 Å². The Kier molecular flexibility index (Phi) is 21.8. The second-order valence-corrected chi connectivity index (χ2v) is 18.0. The van der Waals surface area contributed by atoms with E-state index in [1.165, 1.54) is 38.1 Å². The Morgan fingerprint density at radius 2 is 1.21 bits per heavy atom. The molecule has 0 saturated carbocycles. The lowest BCUT2D eigenvalue weighted by atomic mass is 9.98. The van der Waals surface area contributed by atoms with Crippen LogP contribution in [0.1, 0.15) is 86.5 Å². The van der Waals surface area contributed by atoms with Crippen LogP contribution >= 0.6 is 0 Å². The molecule has 66 heavy (non-hydrogen) atoms. The van der Waals surface area contributed by atoms with Gasteiger partial charge in [-0.15, -0.1) is 0 Å². The first-order chi connectivity index (χ1) is 30.8. The van der Waals surface area contributed by atoms with Crippen LogP contribution in [0.25, 0.3) is 0 Å². The number of aliphatic carboxylic acids is 3. The molecule has 7 atom stereocenters. The first-order valence-electron chi connectivity index (χ1n) is 21.1. The monoisotopic (exact) mass is 952 g/mol. The van der Waals surface area contributed by atoms with E-state index >= 15 is 0 Å². The highest BCUT2D eigenvalue weighted by atomic mass is 32.2. The summed E-state index contributed by atoms with van der Waals surface area (Å²) in [5, 5.41) is 41.4. The number of hydrogen-bond donors (Lipinski definition) is 10. The van der Waals surface area contributed by atoms with Gasteiger partial charge >= 0.3 is 17.9 Å². The van der Waals surface area contributed by atoms with Crippen molar-refractivity contribution in [2.24, 2.45) is 11.8 Å². The minimum atomic E-state index is -4.23. The standard InChI is InChI=1S/C41H60N8O16S/c1-7-11-26(35(57)40(62)42-19-32(55)56)44-38(60)29-18-24(48-66(64,65)25-12-9-8-10-13-25)20-49(29)41(63)34(22(4)5)47-39(61)33(21(2)3)46-37(59)28(15-17-31(53)54)45-36(58)27(43-23(6)50)14-16-30(51)52/h8-10,12-13,21-22,24,26-29,33-34,48H,7,11,14-20H2,1-6H3,(H,42,62)(H,43,50)(H,44,60)(H,45,58)(H,46,59)(H,47,61)(H,51,52)(H,53,54)(H,55,56). The maximum atomic E-state index is 14.6. The lowest BCUT2D eigenvalue weighted by Crippen LogP contribution is -2.61. The molecule has 0 radical (unpaired) electrons. The fraction of sp³-hybridized carbons (Fsp3) is 0.585. The molecule has 366 valence electrons. The number of benzene rings is 1. The molecule has 0 bridgehead atoms. The smallest absolute Gasteiger partial charge is 0.322 e. The maximum Gasteiger partial charge on any atom is 0.322 e. The van der Waals surface area contributed by atoms with Gasteiger partial charge < -0.3 is 52.1 Å². The third kappa shape index (κ3) is 17.5. The second kappa shape index (κ2) is 25.8. The molecule has 1 heterocycles. The number of carbonyl (C=O) groups is 11. The fourth-order valence-corrected chi connectivity index (χ4v) is 8.10. The maximum absolute atomic E-state index is 14.6. The van der Waals surface area contributed by atoms with E-state index in [0.717, 1.165) is 11.8 Å². The Morgan fingerprint density at radius 1 is 0.682 bits per heavy atom. The molecule has 7 amide bonds. The second-order valence-electron chi connectivity index (χ2n) is 16.3. The summed E-state index contributed by atoms with van der Waals surface area (Å²) in [6, 6.07) is -2.83. The van der Waals surface area contributed by atoms with E-state index in [2.05, 4.69) is 31.3 Å². The van der Waals surface area contributed by atoms with Crippen molar-refractivity contribution in [2.45, 2.75) is 134 Å². The molecule has 0 spiro atoms. The number of amides is 7. The van der Waals surface area contributed by atoms with Crippen molar-refractivity contribution in [2.75, 3.05) is 13.1 Å². The lowest BCUT2D eigenvalue weighted by molar-refractivity contribution is -0.145. The van der Waals surface area contributed by atoms with Crippen molar-refractivity contribution < 1.29 is 76.5 Å². The van der Waals surface area contributed by atoms with Crippen LogP contribution in [0.4, 0.5) is 0 Å². The quantitative estimate of drug-likeness (QED) is 0.0426. The zero-order valence-electron chi connectivity index (χ0n) is 37.5. The molecule has 25 heteroatoms. The molecular weight excluding hydrogens is 893 g/mol. The number of hydrogen-bond acceptors (Lipinski definition) is 13. The summed E-state index contributed by atoms with van der Waals surface area (Å²) in [5.74, 6) is -13.5. The van der Waals surface area contributed by atoms with E-state index in [1.807, 2.05) is 5.32 Å². The van der Waals surface area contributed by atoms with Crippen LogP contribution in [0.5, 0.6) is 0 Å². The molecule has 1 aromatic rings. The van der Waals surface area contributed by atoms with Gasteiger partial charge in [0, 0.05) is 32.4 Å². The van der Waals surface area contributed by atoms with Gasteiger partial charge in [0.05, 0.1) is 10.9 Å². The third-order valence-electron chi connectivity index (χ3n) is 10.2. The number of carbonyl (C=O) groups excluding carboxylic acids is 8. The average molecular weight is 953 g/mol. The number of nitrogens with one attached hydrogen (secondary N) is 7. The zero-order chi connectivity index (χ0) is 50.1. The molecule has 1 aromatic carbocycles. The number of carboxylic acid groups (broad SMARTS) is 3. The minimum Gasteiger partial charge on any atom is -0.481 e. The van der Waals surface area contributed by atoms with Gasteiger partial charge in [0.15, 0.2) is 0 Å². The summed E-state index contributed by atoms with van der Waals surface area (Å²) in [6.07, 6.45) is -2.21. The van der Waals surface area contributed by atoms with Crippen LogP contribution in [0.3, 0.4) is 0 Å². The van der Waals surface area contributed by atoms with Gasteiger partial charge in [-0.1, -0.05) is 59.2 Å². The normalized spacial score (nSPS) is 17.0. The molecule has 1 fully saturated rings. The summed E-state index contributed by atoms with van der Waals surface area (Å²) in [6.45, 7) is 7.56. The average Bonchev–Trinajstić information content (AvgIpc) is 3.65. The van der Waals surface area contributed by atoms with Gasteiger partial charge in [-0.25, -0.2) is 13.1 Å². The fourth-order valence-electron chi connectivity index (χ4n) is 6.84. The topological polar surface area (TPSA) is 370 Å². The molecule has 0 aliphatic carbocycles. The van der Waals surface area contributed by atoms with Gasteiger partial charge in [-0.2, -0.15) is 0 Å². The summed E-state index contributed by atoms with van der Waals surface area (Å²) >= 11 is 0. The number of carboxylic acids is 3. The number of Topliss-reactive ketones (excluding diaryl/α,β-unsaturated/α-hetero) is 1. The SMILES string of the molecule is CCCC(NC(=O)C1CC(NS(=O)(=O)c2ccccc2)CN1C(=O)C(NC(=O)C(NC(=O)C(CCC(=O)O)NC(=O)C(CCC(=O)O)NC(C)=O)C(C)C)C(C)C)C(=O)C(=O)NCC(=O)O. The van der Waals surface area contributed by atoms with Crippen LogP contribution in [0.15, 0.2) is 35.2 Å². The van der Waals surface area contributed by atoms with Crippen molar-refractivity contribution in [1.82, 2.24) is 41.5 Å². The van der Waals surface area contributed by atoms with Gasteiger partial charge in [0.25, 0.3) is 5.91 Å². The molecule has 24 nitrogen and oxygen atoms in total. The van der Waals surface area contributed by atoms with Crippen LogP contribution in [-0.4, -0.2) is 149 Å². The Morgan fingerprint density at radius 3 is 1.71 bits per heavy atom. The van der Waals surface area contributed by atoms with E-state index in [1.54, 1.807) is 26.8 Å². The Hall–Kier alpha value is -6.50. The molecular formula is C41H60N8O16S. The molecule has 7 unspecified atom stereocenters. The van der Waals surface area contributed by atoms with Crippen molar-refractivity contribution >= 4 is 75.1 Å². The largest absolute Gasteiger partial charge is 0.481 e. The van der Waals surface area contributed by atoms with Gasteiger partial charge in [0.2, 0.25) is 51.2 Å². The summed E-state index contributed by atoms with van der Waals surface area (Å²) in [4.78, 5) is 141. The number of rotatable bonds is 27. The van der Waals surface area contributed by atoms with Crippen molar-refractivity contribution in [3.05, 3.63) is 30.3 Å². The minimum absolute atomic E-state index is 0.0791. The van der Waals surface area contributed by atoms with Crippen molar-refractivity contribution in [3.63, 3.8) is 0 Å². The van der Waals surface area contributed by atoms with Crippen molar-refractivity contribution in [3.8, 4) is 0 Å². The van der Waals surface area contributed by atoms with Gasteiger partial charge in [-0.05, 0) is 49.7 Å².